The molecule has 1 aliphatic heterocycles. The first kappa shape index (κ1) is 19.2. The molecule has 2 aliphatic rings. The number of benzene rings is 1. The lowest BCUT2D eigenvalue weighted by atomic mass is 9.78. The number of amides is 1. The Morgan fingerprint density at radius 3 is 2.29 bits per heavy atom. The molecule has 1 saturated heterocycles. The van der Waals surface area contributed by atoms with E-state index in [0.717, 1.165) is 31.2 Å². The van der Waals surface area contributed by atoms with Gasteiger partial charge in [-0.05, 0) is 43.4 Å². The van der Waals surface area contributed by atoms with Crippen molar-refractivity contribution in [2.24, 2.45) is 5.73 Å². The van der Waals surface area contributed by atoms with E-state index in [1.807, 2.05) is 12.1 Å². The predicted molar refractivity (Wildman–Crippen MR) is 93.8 cm³/mol. The van der Waals surface area contributed by atoms with Gasteiger partial charge in [0, 0.05) is 25.2 Å². The van der Waals surface area contributed by atoms with Crippen LogP contribution in [-0.4, -0.2) is 31.2 Å². The maximum Gasteiger partial charge on any atom is 0.240 e. The van der Waals surface area contributed by atoms with Gasteiger partial charge in [-0.2, -0.15) is 0 Å². The summed E-state index contributed by atoms with van der Waals surface area (Å²) in [5.74, 6) is -0.316. The molecule has 3 rings (SSSR count). The molecule has 1 aromatic carbocycles. The summed E-state index contributed by atoms with van der Waals surface area (Å²) in [4.78, 5) is 12.6. The summed E-state index contributed by atoms with van der Waals surface area (Å²) in [5.41, 5.74) is 6.44. The minimum Gasteiger partial charge on any atom is -0.381 e. The molecule has 134 valence electrons. The number of halogens is 2. The Kier molecular flexibility index (Phi) is 6.23. The lowest BCUT2D eigenvalue weighted by Crippen LogP contribution is -2.58. The highest BCUT2D eigenvalue weighted by Crippen LogP contribution is 2.40. The van der Waals surface area contributed by atoms with Gasteiger partial charge in [-0.3, -0.25) is 4.79 Å². The van der Waals surface area contributed by atoms with Crippen molar-refractivity contribution in [3.8, 4) is 0 Å². The van der Waals surface area contributed by atoms with Gasteiger partial charge in [0.1, 0.15) is 5.82 Å². The normalized spacial score (nSPS) is 21.8. The molecule has 0 spiro atoms. The third-order valence-corrected chi connectivity index (χ3v) is 5.44. The summed E-state index contributed by atoms with van der Waals surface area (Å²) in [7, 11) is 0. The van der Waals surface area contributed by atoms with Gasteiger partial charge in [0.25, 0.3) is 0 Å². The van der Waals surface area contributed by atoms with Crippen molar-refractivity contribution in [2.75, 3.05) is 19.8 Å². The van der Waals surface area contributed by atoms with Crippen LogP contribution >= 0.6 is 12.4 Å². The molecule has 2 fully saturated rings. The lowest BCUT2D eigenvalue weighted by molar-refractivity contribution is -0.130. The van der Waals surface area contributed by atoms with Crippen molar-refractivity contribution in [1.29, 1.82) is 0 Å². The Bertz CT molecular complexity index is 553. The lowest BCUT2D eigenvalue weighted by Gasteiger charge is -2.35. The fourth-order valence-corrected chi connectivity index (χ4v) is 3.81. The van der Waals surface area contributed by atoms with E-state index in [1.165, 1.54) is 12.1 Å². The van der Waals surface area contributed by atoms with E-state index < -0.39 is 5.54 Å². The molecule has 0 radical (unpaired) electrons. The molecular weight excluding hydrogens is 331 g/mol. The van der Waals surface area contributed by atoms with Crippen LogP contribution in [0.1, 0.15) is 44.1 Å². The Labute approximate surface area is 148 Å². The molecular formula is C18H26ClFN2O2. The Hall–Kier alpha value is -1.17. The van der Waals surface area contributed by atoms with Crippen LogP contribution in [0.15, 0.2) is 24.3 Å². The van der Waals surface area contributed by atoms with Crippen LogP contribution in [0.4, 0.5) is 4.39 Å². The first-order valence-electron chi connectivity index (χ1n) is 8.45. The van der Waals surface area contributed by atoms with E-state index in [9.17, 15) is 9.18 Å². The van der Waals surface area contributed by atoms with Gasteiger partial charge < -0.3 is 15.8 Å². The monoisotopic (exact) mass is 356 g/mol. The van der Waals surface area contributed by atoms with E-state index in [4.69, 9.17) is 10.5 Å². The minimum absolute atomic E-state index is 0. The van der Waals surface area contributed by atoms with Gasteiger partial charge in [0.05, 0.1) is 5.54 Å². The number of rotatable bonds is 4. The van der Waals surface area contributed by atoms with Gasteiger partial charge in [-0.25, -0.2) is 4.39 Å². The molecule has 6 heteroatoms. The van der Waals surface area contributed by atoms with Crippen molar-refractivity contribution in [1.82, 2.24) is 5.32 Å². The molecule has 1 heterocycles. The Morgan fingerprint density at radius 2 is 1.71 bits per heavy atom. The highest BCUT2D eigenvalue weighted by molar-refractivity contribution is 5.86. The van der Waals surface area contributed by atoms with Crippen LogP contribution < -0.4 is 11.1 Å². The zero-order valence-electron chi connectivity index (χ0n) is 13.9. The molecule has 3 N–H and O–H groups in total. The molecule has 0 bridgehead atoms. The minimum atomic E-state index is -0.819. The third kappa shape index (κ3) is 3.90. The van der Waals surface area contributed by atoms with Crippen molar-refractivity contribution in [3.05, 3.63) is 35.6 Å². The third-order valence-electron chi connectivity index (χ3n) is 5.44. The largest absolute Gasteiger partial charge is 0.381 e. The molecule has 1 aromatic rings. The number of carbonyl (C=O) groups is 1. The zero-order chi connectivity index (χ0) is 16.3. The molecule has 1 saturated carbocycles. The number of carbonyl (C=O) groups excluding carboxylic acids is 1. The summed E-state index contributed by atoms with van der Waals surface area (Å²) in [6.45, 7) is 1.64. The van der Waals surface area contributed by atoms with Gasteiger partial charge in [0.15, 0.2) is 0 Å². The maximum atomic E-state index is 13.2. The van der Waals surface area contributed by atoms with Gasteiger partial charge in [0.2, 0.25) is 5.91 Å². The number of nitrogens with two attached hydrogens (primary N) is 1. The van der Waals surface area contributed by atoms with Crippen molar-refractivity contribution < 1.29 is 13.9 Å². The van der Waals surface area contributed by atoms with E-state index in [0.29, 0.717) is 32.6 Å². The smallest absolute Gasteiger partial charge is 0.240 e. The number of nitrogens with one attached hydrogen (secondary N) is 1. The molecule has 0 aromatic heterocycles. The van der Waals surface area contributed by atoms with E-state index in [1.54, 1.807) is 0 Å². The van der Waals surface area contributed by atoms with Crippen LogP contribution in [0, 0.1) is 5.82 Å². The second-order valence-corrected chi connectivity index (χ2v) is 6.95. The number of hydrogen-bond donors (Lipinski definition) is 2. The van der Waals surface area contributed by atoms with Crippen LogP contribution in [0.5, 0.6) is 0 Å². The second-order valence-electron chi connectivity index (χ2n) is 6.95. The Balaban J connectivity index is 0.00000208. The van der Waals surface area contributed by atoms with E-state index in [2.05, 4.69) is 5.32 Å². The molecule has 0 unspecified atom stereocenters. The van der Waals surface area contributed by atoms with Gasteiger partial charge >= 0.3 is 0 Å². The van der Waals surface area contributed by atoms with Crippen LogP contribution in [-0.2, 0) is 14.9 Å². The average molecular weight is 357 g/mol. The summed E-state index contributed by atoms with van der Waals surface area (Å²) in [6.07, 6.45) is 5.41. The second kappa shape index (κ2) is 7.81. The van der Waals surface area contributed by atoms with Gasteiger partial charge in [-0.1, -0.05) is 25.0 Å². The SMILES string of the molecule is Cl.NC1(C(=O)NCC2(c3ccc(F)cc3)CCCC2)CCOCC1. The van der Waals surface area contributed by atoms with Gasteiger partial charge in [-0.15, -0.1) is 12.4 Å². The molecule has 1 amide bonds. The Morgan fingerprint density at radius 1 is 1.12 bits per heavy atom. The van der Waals surface area contributed by atoms with Crippen LogP contribution in [0.2, 0.25) is 0 Å². The molecule has 0 atom stereocenters. The fraction of sp³-hybridized carbons (Fsp3) is 0.611. The van der Waals surface area contributed by atoms with Crippen molar-refractivity contribution in [2.45, 2.75) is 49.5 Å². The average Bonchev–Trinajstić information content (AvgIpc) is 3.04. The van der Waals surface area contributed by atoms with Crippen LogP contribution in [0.3, 0.4) is 0 Å². The topological polar surface area (TPSA) is 64.4 Å². The maximum absolute atomic E-state index is 13.2. The first-order chi connectivity index (χ1) is 11.0. The highest BCUT2D eigenvalue weighted by Gasteiger charge is 2.40. The molecule has 1 aliphatic carbocycles. The number of hydrogen-bond acceptors (Lipinski definition) is 3. The first-order valence-corrected chi connectivity index (χ1v) is 8.45. The zero-order valence-corrected chi connectivity index (χ0v) is 14.7. The summed E-state index contributed by atoms with van der Waals surface area (Å²) in [5, 5.41) is 3.08. The van der Waals surface area contributed by atoms with Crippen molar-refractivity contribution >= 4 is 18.3 Å². The standard InChI is InChI=1S/C18H25FN2O2.ClH/c19-15-5-3-14(4-6-15)17(7-1-2-8-17)13-21-16(22)18(20)9-11-23-12-10-18;/h3-6H,1-2,7-13,20H2,(H,21,22);1H. The predicted octanol–water partition coefficient (Wildman–Crippen LogP) is 2.68. The van der Waals surface area contributed by atoms with E-state index in [-0.39, 0.29) is 29.5 Å². The summed E-state index contributed by atoms with van der Waals surface area (Å²) in [6, 6.07) is 6.69. The van der Waals surface area contributed by atoms with Crippen molar-refractivity contribution in [3.63, 3.8) is 0 Å². The fourth-order valence-electron chi connectivity index (χ4n) is 3.81. The molecule has 4 nitrogen and oxygen atoms in total. The quantitative estimate of drug-likeness (QED) is 0.871. The van der Waals surface area contributed by atoms with E-state index >= 15 is 0 Å². The summed E-state index contributed by atoms with van der Waals surface area (Å²) < 4.78 is 18.5. The summed E-state index contributed by atoms with van der Waals surface area (Å²) >= 11 is 0. The van der Waals surface area contributed by atoms with Crippen LogP contribution in [0.25, 0.3) is 0 Å². The number of ether oxygens (including phenoxy) is 1. The highest BCUT2D eigenvalue weighted by atomic mass is 35.5. The molecule has 24 heavy (non-hydrogen) atoms.